The Morgan fingerprint density at radius 2 is 2.09 bits per heavy atom. The summed E-state index contributed by atoms with van der Waals surface area (Å²) in [4.78, 5) is 28.9. The van der Waals surface area contributed by atoms with Crippen LogP contribution < -0.4 is 10.3 Å². The Bertz CT molecular complexity index is 1460. The van der Waals surface area contributed by atoms with Crippen LogP contribution >= 0.6 is 0 Å². The predicted octanol–water partition coefficient (Wildman–Crippen LogP) is 4.19. The number of aromatic nitrogens is 5. The number of hydrogen-bond acceptors (Lipinski definition) is 5. The molecule has 2 atom stereocenters. The minimum atomic E-state index is -0.201. The second kappa shape index (κ2) is 9.17. The van der Waals surface area contributed by atoms with Crippen LogP contribution in [0.4, 0.5) is 0 Å². The molecule has 0 spiro atoms. The molecule has 1 unspecified atom stereocenters. The zero-order chi connectivity index (χ0) is 24.7. The number of pyridine rings is 1. The van der Waals surface area contributed by atoms with Gasteiger partial charge in [0.25, 0.3) is 5.56 Å². The Hall–Kier alpha value is -3.68. The summed E-state index contributed by atoms with van der Waals surface area (Å²) < 4.78 is 9.86. The van der Waals surface area contributed by atoms with E-state index in [9.17, 15) is 9.59 Å². The quantitative estimate of drug-likeness (QED) is 0.406. The molecule has 0 bridgehead atoms. The van der Waals surface area contributed by atoms with Crippen LogP contribution in [0.15, 0.2) is 41.5 Å². The number of para-hydroxylation sites is 1. The molecule has 1 aromatic carbocycles. The number of benzene rings is 1. The molecule has 0 saturated heterocycles. The molecule has 0 radical (unpaired) electrons. The maximum atomic E-state index is 13.6. The van der Waals surface area contributed by atoms with Gasteiger partial charge in [0.15, 0.2) is 5.78 Å². The van der Waals surface area contributed by atoms with E-state index >= 15 is 0 Å². The molecule has 0 amide bonds. The van der Waals surface area contributed by atoms with E-state index in [2.05, 4.69) is 37.3 Å². The van der Waals surface area contributed by atoms with Gasteiger partial charge < -0.3 is 18.9 Å². The van der Waals surface area contributed by atoms with E-state index in [1.165, 1.54) is 0 Å². The van der Waals surface area contributed by atoms with Crippen LogP contribution in [-0.4, -0.2) is 37.2 Å². The van der Waals surface area contributed by atoms with Gasteiger partial charge in [0.05, 0.1) is 12.7 Å². The fourth-order valence-corrected chi connectivity index (χ4v) is 5.62. The number of carbonyl (C=O) groups is 1. The molecule has 1 aliphatic rings. The van der Waals surface area contributed by atoms with Gasteiger partial charge in [0.1, 0.15) is 17.9 Å². The van der Waals surface area contributed by atoms with E-state index in [-0.39, 0.29) is 23.8 Å². The van der Waals surface area contributed by atoms with Crippen LogP contribution in [0, 0.1) is 19.8 Å². The first kappa shape index (κ1) is 23.1. The maximum Gasteiger partial charge on any atom is 0.255 e. The number of ketones is 1. The Balaban J connectivity index is 1.46. The Morgan fingerprint density at radius 1 is 1.29 bits per heavy atom. The third-order valence-electron chi connectivity index (χ3n) is 7.46. The van der Waals surface area contributed by atoms with Crippen molar-refractivity contribution in [3.05, 3.63) is 75.4 Å². The van der Waals surface area contributed by atoms with Crippen LogP contribution in [0.3, 0.4) is 0 Å². The minimum Gasteiger partial charge on any atom is -0.496 e. The molecule has 1 N–H and O–H groups in total. The fraction of sp³-hybridized carbons (Fsp3) is 0.407. The SMILES string of the molecule is COc1cc(C)[nH]c(=O)c1CCC(=O)c1c(C)n([C@H](C)C2CCn3cnnc3C2)c2ccccc12. The highest BCUT2D eigenvalue weighted by Crippen LogP contribution is 2.36. The summed E-state index contributed by atoms with van der Waals surface area (Å²) in [5, 5.41) is 9.32. The van der Waals surface area contributed by atoms with Crippen molar-refractivity contribution in [2.75, 3.05) is 7.11 Å². The number of ether oxygens (including phenoxy) is 1. The molecule has 0 saturated carbocycles. The van der Waals surface area contributed by atoms with Crippen molar-refractivity contribution in [3.8, 4) is 5.75 Å². The van der Waals surface area contributed by atoms with E-state index in [1.807, 2.05) is 32.0 Å². The smallest absolute Gasteiger partial charge is 0.255 e. The van der Waals surface area contributed by atoms with E-state index in [0.29, 0.717) is 23.7 Å². The third-order valence-corrected chi connectivity index (χ3v) is 7.46. The number of rotatable bonds is 7. The zero-order valence-corrected chi connectivity index (χ0v) is 20.7. The van der Waals surface area contributed by atoms with Crippen molar-refractivity contribution >= 4 is 16.7 Å². The number of aryl methyl sites for hydroxylation is 2. The van der Waals surface area contributed by atoms with E-state index in [0.717, 1.165) is 53.1 Å². The highest BCUT2D eigenvalue weighted by Gasteiger charge is 2.29. The van der Waals surface area contributed by atoms with Gasteiger partial charge in [-0.25, -0.2) is 0 Å². The van der Waals surface area contributed by atoms with Gasteiger partial charge in [-0.1, -0.05) is 18.2 Å². The molecule has 8 heteroatoms. The Morgan fingerprint density at radius 3 is 2.89 bits per heavy atom. The van der Waals surface area contributed by atoms with Gasteiger partial charge in [0, 0.05) is 53.3 Å². The molecule has 4 aromatic rings. The molecular weight excluding hydrogens is 442 g/mol. The molecule has 5 rings (SSSR count). The van der Waals surface area contributed by atoms with Crippen LogP contribution in [0.5, 0.6) is 5.75 Å². The highest BCUT2D eigenvalue weighted by molar-refractivity contribution is 6.09. The number of Topliss-reactive ketones (excluding diaryl/α,β-unsaturated/α-hetero) is 1. The lowest BCUT2D eigenvalue weighted by Crippen LogP contribution is -2.27. The largest absolute Gasteiger partial charge is 0.496 e. The Kier molecular flexibility index (Phi) is 6.05. The lowest BCUT2D eigenvalue weighted by Gasteiger charge is -2.30. The number of H-pyrrole nitrogens is 1. The second-order valence-electron chi connectivity index (χ2n) is 9.53. The molecule has 3 aromatic heterocycles. The predicted molar refractivity (Wildman–Crippen MR) is 134 cm³/mol. The molecule has 0 aliphatic carbocycles. The van der Waals surface area contributed by atoms with Gasteiger partial charge in [-0.15, -0.1) is 10.2 Å². The summed E-state index contributed by atoms with van der Waals surface area (Å²) in [6.45, 7) is 7.00. The second-order valence-corrected chi connectivity index (χ2v) is 9.53. The van der Waals surface area contributed by atoms with Gasteiger partial charge in [-0.05, 0) is 51.7 Å². The van der Waals surface area contributed by atoms with E-state index < -0.39 is 0 Å². The first-order chi connectivity index (χ1) is 16.9. The average Bonchev–Trinajstić information content (AvgIpc) is 3.43. The van der Waals surface area contributed by atoms with Gasteiger partial charge in [-0.3, -0.25) is 9.59 Å². The topological polar surface area (TPSA) is 94.8 Å². The van der Waals surface area contributed by atoms with Crippen molar-refractivity contribution < 1.29 is 9.53 Å². The lowest BCUT2D eigenvalue weighted by atomic mass is 9.90. The standard InChI is InChI=1S/C27H31N5O3/c1-16-13-24(35-4)21(27(34)29-16)9-10-23(33)26-18(3)32(22-8-6-5-7-20(22)26)17(2)19-11-12-31-15-28-30-25(31)14-19/h5-8,13,15,17,19H,9-12,14H2,1-4H3,(H,29,34)/t17-,19?/m1/s1. The van der Waals surface area contributed by atoms with Crippen LogP contribution in [0.2, 0.25) is 0 Å². The lowest BCUT2D eigenvalue weighted by molar-refractivity contribution is 0.0983. The van der Waals surface area contributed by atoms with Crippen LogP contribution in [0.1, 0.15) is 58.9 Å². The molecule has 35 heavy (non-hydrogen) atoms. The fourth-order valence-electron chi connectivity index (χ4n) is 5.62. The number of nitrogens with zero attached hydrogens (tertiary/aromatic N) is 4. The van der Waals surface area contributed by atoms with Crippen molar-refractivity contribution in [1.82, 2.24) is 24.3 Å². The number of methoxy groups -OCH3 is 1. The molecule has 4 heterocycles. The van der Waals surface area contributed by atoms with Crippen LogP contribution in [-0.2, 0) is 19.4 Å². The minimum absolute atomic E-state index is 0.0371. The summed E-state index contributed by atoms with van der Waals surface area (Å²) >= 11 is 0. The summed E-state index contributed by atoms with van der Waals surface area (Å²) in [6, 6.07) is 10.1. The van der Waals surface area contributed by atoms with Gasteiger partial charge >= 0.3 is 0 Å². The highest BCUT2D eigenvalue weighted by atomic mass is 16.5. The van der Waals surface area contributed by atoms with Gasteiger partial charge in [-0.2, -0.15) is 0 Å². The van der Waals surface area contributed by atoms with Crippen molar-refractivity contribution in [3.63, 3.8) is 0 Å². The zero-order valence-electron chi connectivity index (χ0n) is 20.7. The van der Waals surface area contributed by atoms with Crippen molar-refractivity contribution in [2.24, 2.45) is 5.92 Å². The molecule has 8 nitrogen and oxygen atoms in total. The average molecular weight is 474 g/mol. The first-order valence-electron chi connectivity index (χ1n) is 12.1. The molecule has 1 aliphatic heterocycles. The number of nitrogens with one attached hydrogen (secondary N) is 1. The number of fused-ring (bicyclic) bond motifs is 2. The third kappa shape index (κ3) is 4.07. The molecule has 182 valence electrons. The summed E-state index contributed by atoms with van der Waals surface area (Å²) in [5.74, 6) is 1.99. The number of hydrogen-bond donors (Lipinski definition) is 1. The molecular formula is C27H31N5O3. The van der Waals surface area contributed by atoms with E-state index in [1.54, 1.807) is 19.5 Å². The van der Waals surface area contributed by atoms with Crippen LogP contribution in [0.25, 0.3) is 10.9 Å². The number of aromatic amines is 1. The number of carbonyl (C=O) groups excluding carboxylic acids is 1. The Labute approximate surface area is 204 Å². The van der Waals surface area contributed by atoms with Crippen molar-refractivity contribution in [1.29, 1.82) is 0 Å². The molecule has 0 fully saturated rings. The normalized spacial score (nSPS) is 16.3. The monoisotopic (exact) mass is 473 g/mol. The first-order valence-corrected chi connectivity index (χ1v) is 12.1. The van der Waals surface area contributed by atoms with Crippen molar-refractivity contribution in [2.45, 2.75) is 59.0 Å². The summed E-state index contributed by atoms with van der Waals surface area (Å²) in [6.07, 6.45) is 4.27. The summed E-state index contributed by atoms with van der Waals surface area (Å²) in [7, 11) is 1.55. The summed E-state index contributed by atoms with van der Waals surface area (Å²) in [5.41, 5.74) is 3.82. The maximum absolute atomic E-state index is 13.6. The van der Waals surface area contributed by atoms with Gasteiger partial charge in [0.2, 0.25) is 0 Å². The van der Waals surface area contributed by atoms with E-state index in [4.69, 9.17) is 4.74 Å².